The Balaban J connectivity index is 2.40. The van der Waals surface area contributed by atoms with Gasteiger partial charge in [-0.3, -0.25) is 0 Å². The minimum Gasteiger partial charge on any atom is -0.506 e. The van der Waals surface area contributed by atoms with E-state index in [0.29, 0.717) is 10.0 Å². The number of aliphatic hydroxyl groups excluding tert-OH is 1. The van der Waals surface area contributed by atoms with Crippen LogP contribution in [0, 0.1) is 11.8 Å². The number of hydrogen-bond donors (Lipinski definition) is 2. The molecule has 0 aliphatic heterocycles. The molecule has 2 aromatic carbocycles. The van der Waals surface area contributed by atoms with Crippen molar-refractivity contribution in [1.29, 1.82) is 0 Å². The summed E-state index contributed by atoms with van der Waals surface area (Å²) >= 11 is 3.34. The Morgan fingerprint density at radius 2 is 1.73 bits per heavy atom. The number of aromatic hydroxyl groups is 1. The first-order valence-corrected chi connectivity index (χ1v) is 7.86. The van der Waals surface area contributed by atoms with Gasteiger partial charge >= 0.3 is 0 Å². The van der Waals surface area contributed by atoms with E-state index in [-0.39, 0.29) is 11.2 Å². The normalized spacial score (nSPS) is 12.4. The van der Waals surface area contributed by atoms with E-state index in [0.717, 1.165) is 11.1 Å². The van der Waals surface area contributed by atoms with Gasteiger partial charge in [-0.15, -0.1) is 0 Å². The van der Waals surface area contributed by atoms with E-state index in [1.807, 2.05) is 42.5 Å². The van der Waals surface area contributed by atoms with Gasteiger partial charge in [0.25, 0.3) is 0 Å². The molecular formula is C19H19BrO2. The van der Waals surface area contributed by atoms with Gasteiger partial charge in [-0.25, -0.2) is 0 Å². The molecule has 0 amide bonds. The predicted octanol–water partition coefficient (Wildman–Crippen LogP) is 4.54. The summed E-state index contributed by atoms with van der Waals surface area (Å²) in [6, 6.07) is 13.1. The predicted molar refractivity (Wildman–Crippen MR) is 92.8 cm³/mol. The van der Waals surface area contributed by atoms with E-state index < -0.39 is 6.10 Å². The Bertz CT molecular complexity index is 719. The fourth-order valence-electron chi connectivity index (χ4n) is 2.01. The average molecular weight is 359 g/mol. The molecule has 0 aliphatic rings. The van der Waals surface area contributed by atoms with Crippen LogP contribution in [0.25, 0.3) is 0 Å². The number of rotatable bonds is 1. The van der Waals surface area contributed by atoms with Crippen molar-refractivity contribution in [2.75, 3.05) is 0 Å². The molecule has 2 nitrogen and oxygen atoms in total. The first-order valence-electron chi connectivity index (χ1n) is 7.06. The van der Waals surface area contributed by atoms with Crippen molar-refractivity contribution in [2.24, 2.45) is 0 Å². The van der Waals surface area contributed by atoms with Crippen molar-refractivity contribution in [1.82, 2.24) is 0 Å². The summed E-state index contributed by atoms with van der Waals surface area (Å²) in [4.78, 5) is 0. The zero-order chi connectivity index (χ0) is 16.3. The number of aliphatic hydroxyl groups is 1. The van der Waals surface area contributed by atoms with Crippen LogP contribution < -0.4 is 0 Å². The molecule has 0 bridgehead atoms. The molecule has 0 heterocycles. The summed E-state index contributed by atoms with van der Waals surface area (Å²) in [5, 5.41) is 20.5. The fourth-order valence-corrected chi connectivity index (χ4v) is 2.49. The Morgan fingerprint density at radius 3 is 2.32 bits per heavy atom. The van der Waals surface area contributed by atoms with Gasteiger partial charge in [0.15, 0.2) is 0 Å². The largest absolute Gasteiger partial charge is 0.506 e. The minimum atomic E-state index is -1.04. The van der Waals surface area contributed by atoms with Crippen molar-refractivity contribution in [2.45, 2.75) is 32.3 Å². The first kappa shape index (κ1) is 16.6. The van der Waals surface area contributed by atoms with Gasteiger partial charge in [0.05, 0.1) is 4.47 Å². The lowest BCUT2D eigenvalue weighted by Crippen LogP contribution is -2.12. The highest BCUT2D eigenvalue weighted by molar-refractivity contribution is 9.10. The van der Waals surface area contributed by atoms with Gasteiger partial charge in [0.1, 0.15) is 11.9 Å². The van der Waals surface area contributed by atoms with Gasteiger partial charge < -0.3 is 10.2 Å². The third-order valence-corrected chi connectivity index (χ3v) is 3.99. The molecule has 0 radical (unpaired) electrons. The van der Waals surface area contributed by atoms with Crippen LogP contribution in [0.5, 0.6) is 5.75 Å². The quantitative estimate of drug-likeness (QED) is 0.734. The molecule has 0 saturated heterocycles. The summed E-state index contributed by atoms with van der Waals surface area (Å²) in [5.74, 6) is 5.74. The molecule has 0 aromatic heterocycles. The molecule has 2 N–H and O–H groups in total. The molecule has 0 saturated carbocycles. The molecule has 0 fully saturated rings. The summed E-state index contributed by atoms with van der Waals surface area (Å²) in [6.07, 6.45) is -1.04. The van der Waals surface area contributed by atoms with Gasteiger partial charge in [-0.05, 0) is 51.2 Å². The molecule has 1 unspecified atom stereocenters. The topological polar surface area (TPSA) is 40.5 Å². The van der Waals surface area contributed by atoms with E-state index in [2.05, 4.69) is 48.5 Å². The Kier molecular flexibility index (Phi) is 4.95. The number of benzene rings is 2. The number of halogens is 1. The molecule has 2 rings (SSSR count). The smallest absolute Gasteiger partial charge is 0.144 e. The van der Waals surface area contributed by atoms with E-state index in [1.54, 1.807) is 0 Å². The maximum absolute atomic E-state index is 10.3. The van der Waals surface area contributed by atoms with Crippen molar-refractivity contribution in [3.8, 4) is 17.6 Å². The molecule has 1 atom stereocenters. The highest BCUT2D eigenvalue weighted by Gasteiger charge is 2.20. The lowest BCUT2D eigenvalue weighted by Gasteiger charge is -2.21. The molecular weight excluding hydrogens is 340 g/mol. The standard InChI is InChI=1S/C19H19BrO2/c1-19(2,3)14-11-15(18(22)16(20)12-14)17(21)10-9-13-7-5-4-6-8-13/h4-8,11-12,17,21-22H,1-3H3. The lowest BCUT2D eigenvalue weighted by atomic mass is 9.85. The summed E-state index contributed by atoms with van der Waals surface area (Å²) < 4.78 is 0.565. The Labute approximate surface area is 139 Å². The third-order valence-electron chi connectivity index (χ3n) is 3.38. The number of phenols is 1. The van der Waals surface area contributed by atoms with Crippen molar-refractivity contribution >= 4 is 15.9 Å². The van der Waals surface area contributed by atoms with Crippen LogP contribution >= 0.6 is 15.9 Å². The Hall–Kier alpha value is -1.76. The SMILES string of the molecule is CC(C)(C)c1cc(Br)c(O)c(C(O)C#Cc2ccccc2)c1. The summed E-state index contributed by atoms with van der Waals surface area (Å²) in [6.45, 7) is 6.24. The van der Waals surface area contributed by atoms with E-state index in [4.69, 9.17) is 0 Å². The number of phenolic OH excluding ortho intramolecular Hbond substituents is 1. The highest BCUT2D eigenvalue weighted by atomic mass is 79.9. The van der Waals surface area contributed by atoms with Crippen LogP contribution in [0.3, 0.4) is 0 Å². The maximum Gasteiger partial charge on any atom is 0.144 e. The van der Waals surface area contributed by atoms with Crippen LogP contribution in [-0.4, -0.2) is 10.2 Å². The second kappa shape index (κ2) is 6.56. The van der Waals surface area contributed by atoms with Gasteiger partial charge in [-0.2, -0.15) is 0 Å². The van der Waals surface area contributed by atoms with Crippen LogP contribution in [0.15, 0.2) is 46.9 Å². The Morgan fingerprint density at radius 1 is 1.09 bits per heavy atom. The van der Waals surface area contributed by atoms with E-state index in [1.165, 1.54) is 0 Å². The van der Waals surface area contributed by atoms with Crippen molar-refractivity contribution < 1.29 is 10.2 Å². The maximum atomic E-state index is 10.3. The lowest BCUT2D eigenvalue weighted by molar-refractivity contribution is 0.232. The molecule has 0 aliphatic carbocycles. The van der Waals surface area contributed by atoms with Gasteiger partial charge in [0, 0.05) is 11.1 Å². The van der Waals surface area contributed by atoms with Crippen LogP contribution in [-0.2, 0) is 5.41 Å². The molecule has 0 spiro atoms. The van der Waals surface area contributed by atoms with E-state index >= 15 is 0 Å². The molecule has 114 valence electrons. The second-order valence-corrected chi connectivity index (χ2v) is 7.04. The van der Waals surface area contributed by atoms with Crippen LogP contribution in [0.1, 0.15) is 43.6 Å². The zero-order valence-corrected chi connectivity index (χ0v) is 14.5. The zero-order valence-electron chi connectivity index (χ0n) is 12.9. The molecule has 22 heavy (non-hydrogen) atoms. The van der Waals surface area contributed by atoms with Crippen molar-refractivity contribution in [3.05, 3.63) is 63.6 Å². The minimum absolute atomic E-state index is 0.0304. The van der Waals surface area contributed by atoms with Crippen molar-refractivity contribution in [3.63, 3.8) is 0 Å². The fraction of sp³-hybridized carbons (Fsp3) is 0.263. The third kappa shape index (κ3) is 3.91. The second-order valence-electron chi connectivity index (χ2n) is 6.18. The monoisotopic (exact) mass is 358 g/mol. The molecule has 2 aromatic rings. The van der Waals surface area contributed by atoms with Gasteiger partial charge in [0.2, 0.25) is 0 Å². The van der Waals surface area contributed by atoms with Gasteiger partial charge in [-0.1, -0.05) is 50.8 Å². The summed E-state index contributed by atoms with van der Waals surface area (Å²) in [7, 11) is 0. The van der Waals surface area contributed by atoms with Crippen LogP contribution in [0.2, 0.25) is 0 Å². The van der Waals surface area contributed by atoms with Crippen LogP contribution in [0.4, 0.5) is 0 Å². The first-order chi connectivity index (χ1) is 10.3. The average Bonchev–Trinajstić information content (AvgIpc) is 2.47. The summed E-state index contributed by atoms with van der Waals surface area (Å²) in [5.41, 5.74) is 2.18. The van der Waals surface area contributed by atoms with E-state index in [9.17, 15) is 10.2 Å². The highest BCUT2D eigenvalue weighted by Crippen LogP contribution is 2.37. The number of hydrogen-bond acceptors (Lipinski definition) is 2. The molecule has 3 heteroatoms.